The van der Waals surface area contributed by atoms with Crippen molar-refractivity contribution in [3.05, 3.63) is 0 Å². The fraction of sp³-hybridized carbons (Fsp3) is 0.800. The molecule has 0 aromatic carbocycles. The number of nitrogens with zero attached hydrogens (tertiary/aromatic N) is 4. The van der Waals surface area contributed by atoms with Gasteiger partial charge in [0.1, 0.15) is 60.2 Å². The Labute approximate surface area is 598 Å². The summed E-state index contributed by atoms with van der Waals surface area (Å²) in [6.45, 7) is 19.7. The van der Waals surface area contributed by atoms with Crippen LogP contribution in [-0.4, -0.2) is 217 Å². The SMILES string of the molecule is CCCC(=O)C[C@H](C(=O)N[C@H]1CSSC(C)(C)[C@@H](C(=O)N[C@H](C(=O)N2CCC[C@H]2C(N)=O)[C@@H](C)CC)NC(=O)[C@H]([C@@H](C)CC)NC(=O)[C@@H]2C[C@@H]3CCCC[C@@H]3N2C(=O)[C@@H]2CCCN2C(=O)[C@H](CC(C)C)NC(=O)[C@H](CO)NC(=O)[C@H](CCCN=C(C)N)NC(=O)[C@H](CO)CC1=O)[C@@H](C)CC. The monoisotopic (exact) mass is 1440 g/mol. The van der Waals surface area contributed by atoms with Gasteiger partial charge in [0.25, 0.3) is 0 Å². The van der Waals surface area contributed by atoms with Crippen molar-refractivity contribution in [2.75, 3.05) is 38.6 Å². The van der Waals surface area contributed by atoms with E-state index < -0.39 is 185 Å². The zero-order valence-electron chi connectivity index (χ0n) is 61.0. The minimum atomic E-state index is -1.69. The number of ketones is 2. The third-order valence-electron chi connectivity index (χ3n) is 20.8. The Hall–Kier alpha value is -6.40. The number of likely N-dealkylation sites (tertiary alicyclic amines) is 1. The summed E-state index contributed by atoms with van der Waals surface area (Å²) >= 11 is 0. The van der Waals surface area contributed by atoms with E-state index in [4.69, 9.17) is 11.5 Å². The van der Waals surface area contributed by atoms with Gasteiger partial charge in [-0.05, 0) is 121 Å². The number of nitrogens with one attached hydrogen (secondary N) is 7. The van der Waals surface area contributed by atoms with Gasteiger partial charge in [0.15, 0.2) is 5.78 Å². The molecule has 30 heteroatoms. The Bertz CT molecular complexity index is 2920. The minimum absolute atomic E-state index is 0.0683. The lowest BCUT2D eigenvalue weighted by Crippen LogP contribution is -2.64. The smallest absolute Gasteiger partial charge is 0.246 e. The van der Waals surface area contributed by atoms with Crippen molar-refractivity contribution in [2.24, 2.45) is 57.9 Å². The lowest BCUT2D eigenvalue weighted by Gasteiger charge is -2.38. The van der Waals surface area contributed by atoms with E-state index in [1.165, 1.54) is 9.80 Å². The van der Waals surface area contributed by atoms with E-state index in [0.29, 0.717) is 57.8 Å². The predicted octanol–water partition coefficient (Wildman–Crippen LogP) is 2.46. The van der Waals surface area contributed by atoms with Crippen LogP contribution in [0.4, 0.5) is 0 Å². The number of fused-ring (bicyclic) bond motifs is 4. The van der Waals surface area contributed by atoms with E-state index in [-0.39, 0.29) is 99.7 Å². The first-order valence-electron chi connectivity index (χ1n) is 36.5. The number of rotatable bonds is 24. The molecule has 4 aliphatic heterocycles. The normalized spacial score (nSPS) is 29.0. The number of Topliss-reactive ketones (excluding diaryl/α,β-unsaturated/α-hetero) is 2. The van der Waals surface area contributed by atoms with E-state index in [1.54, 1.807) is 39.5 Å². The Morgan fingerprint density at radius 3 is 1.99 bits per heavy atom. The van der Waals surface area contributed by atoms with Crippen LogP contribution in [0.15, 0.2) is 4.99 Å². The number of aliphatic hydroxyl groups is 2. The molecule has 1 saturated carbocycles. The number of aliphatic imine (C=N–C) groups is 1. The first-order valence-corrected chi connectivity index (χ1v) is 38.8. The molecule has 5 rings (SSSR count). The number of carbonyl (C=O) groups is 13. The van der Waals surface area contributed by atoms with Gasteiger partial charge in [0.05, 0.1) is 31.0 Å². The summed E-state index contributed by atoms with van der Waals surface area (Å²) in [6, 6.07) is -13.5. The van der Waals surface area contributed by atoms with Gasteiger partial charge in [-0.3, -0.25) is 67.3 Å². The maximum absolute atomic E-state index is 15.5. The third-order valence-corrected chi connectivity index (χ3v) is 24.1. The second-order valence-corrected chi connectivity index (χ2v) is 32.3. The molecule has 5 fully saturated rings. The van der Waals surface area contributed by atoms with Gasteiger partial charge in [-0.15, -0.1) is 0 Å². The fourth-order valence-corrected chi connectivity index (χ4v) is 17.1. The number of amidine groups is 1. The van der Waals surface area contributed by atoms with Gasteiger partial charge >= 0.3 is 0 Å². The summed E-state index contributed by atoms with van der Waals surface area (Å²) in [5.41, 5.74) is 11.6. The van der Waals surface area contributed by atoms with E-state index in [1.807, 2.05) is 48.5 Å². The average Bonchev–Trinajstić information content (AvgIpc) is 1.60. The zero-order chi connectivity index (χ0) is 74.5. The molecule has 28 nitrogen and oxygen atoms in total. The number of aliphatic hydroxyl groups excluding tert-OH is 2. The van der Waals surface area contributed by atoms with Crippen molar-refractivity contribution in [3.63, 3.8) is 0 Å². The van der Waals surface area contributed by atoms with Crippen molar-refractivity contribution in [2.45, 2.75) is 276 Å². The molecule has 5 aliphatic rings. The highest BCUT2D eigenvalue weighted by atomic mass is 33.1. The summed E-state index contributed by atoms with van der Waals surface area (Å²) < 4.78 is -1.43. The van der Waals surface area contributed by atoms with Gasteiger partial charge in [0.2, 0.25) is 65.0 Å². The molecule has 100 heavy (non-hydrogen) atoms. The molecular weight excluding hydrogens is 1330 g/mol. The van der Waals surface area contributed by atoms with E-state index in [9.17, 15) is 48.6 Å². The summed E-state index contributed by atoms with van der Waals surface area (Å²) in [6.07, 6.45) is 5.81. The maximum atomic E-state index is 15.5. The highest BCUT2D eigenvalue weighted by Crippen LogP contribution is 2.43. The van der Waals surface area contributed by atoms with Gasteiger partial charge in [-0.1, -0.05) is 116 Å². The molecule has 0 bridgehead atoms. The van der Waals surface area contributed by atoms with Crippen LogP contribution in [0.3, 0.4) is 0 Å². The van der Waals surface area contributed by atoms with E-state index in [2.05, 4.69) is 42.2 Å². The molecule has 0 spiro atoms. The van der Waals surface area contributed by atoms with Crippen LogP contribution in [-0.2, 0) is 62.3 Å². The third kappa shape index (κ3) is 22.8. The van der Waals surface area contributed by atoms with Crippen LogP contribution in [0, 0.1) is 41.4 Å². The molecule has 1 aliphatic carbocycles. The van der Waals surface area contributed by atoms with Gasteiger partial charge in [-0.25, -0.2) is 0 Å². The van der Waals surface area contributed by atoms with Crippen LogP contribution < -0.4 is 48.7 Å². The summed E-state index contributed by atoms with van der Waals surface area (Å²) in [5, 5.41) is 41.3. The number of nitrogens with two attached hydrogens (primary N) is 2. The molecule has 0 aromatic rings. The zero-order valence-corrected chi connectivity index (χ0v) is 62.7. The first-order chi connectivity index (χ1) is 47.3. The topological polar surface area (TPSA) is 421 Å². The van der Waals surface area contributed by atoms with Gasteiger partial charge in [-0.2, -0.15) is 0 Å². The van der Waals surface area contributed by atoms with Crippen LogP contribution in [0.2, 0.25) is 0 Å². The van der Waals surface area contributed by atoms with Crippen molar-refractivity contribution in [3.8, 4) is 0 Å². The molecule has 0 aromatic heterocycles. The summed E-state index contributed by atoms with van der Waals surface area (Å²) in [4.78, 5) is 199. The first kappa shape index (κ1) is 84.3. The van der Waals surface area contributed by atoms with Gasteiger partial charge < -0.3 is 73.6 Å². The predicted molar refractivity (Wildman–Crippen MR) is 382 cm³/mol. The molecule has 564 valence electrons. The molecule has 4 saturated heterocycles. The fourth-order valence-electron chi connectivity index (χ4n) is 14.3. The molecular formula is C70H117N13O15S2. The Kier molecular flexibility index (Phi) is 33.6. The molecule has 4 heterocycles. The Morgan fingerprint density at radius 1 is 0.720 bits per heavy atom. The van der Waals surface area contributed by atoms with Crippen LogP contribution in [0.1, 0.15) is 205 Å². The van der Waals surface area contributed by atoms with Crippen molar-refractivity contribution in [1.29, 1.82) is 0 Å². The molecule has 13 N–H and O–H groups in total. The lowest BCUT2D eigenvalue weighted by atomic mass is 9.84. The summed E-state index contributed by atoms with van der Waals surface area (Å²) in [7, 11) is 2.05. The number of hydrogen-bond donors (Lipinski definition) is 11. The maximum Gasteiger partial charge on any atom is 0.246 e. The standard InChI is InChI=1S/C70H117N13O15S2/c1-13-22-45(86)34-46(39(7)14-2)61(90)77-50-37-99-100-70(11,12)58(66(95)79-57(41(9)16-4)69(98)81-29-20-26-52(81)59(72)88)80-65(94)56(40(8)15-3)78-64(93)54-32-43-23-17-18-25-51(43)83(54)68(97)53-27-21-30-82(53)67(96)48(31-38(5)6)75-63(92)49(36-85)76-62(91)47(24-19-28-73-42(10)71)74-60(89)44(35-84)33-55(50)87/h38-41,43-44,46-54,56-58,84-85H,13-37H2,1-12H3,(H2,71,73)(H2,72,88)(H,74,89)(H,75,92)(H,76,91)(H,77,90)(H,78,93)(H,79,95)(H,80,94)/t39-,40-,41-,43-,44-,46-,47-,48-,49-,50-,51-,52-,53-,54-,56-,57-,58+/m0/s1. The largest absolute Gasteiger partial charge is 0.396 e. The second kappa shape index (κ2) is 39.9. The van der Waals surface area contributed by atoms with Crippen molar-refractivity contribution in [1.82, 2.24) is 51.9 Å². The van der Waals surface area contributed by atoms with E-state index in [0.717, 1.165) is 34.4 Å². The molecule has 11 amide bonds. The number of hydrogen-bond acceptors (Lipinski definition) is 18. The van der Waals surface area contributed by atoms with Crippen molar-refractivity contribution < 1.29 is 72.5 Å². The molecule has 17 atom stereocenters. The van der Waals surface area contributed by atoms with Crippen LogP contribution in [0.5, 0.6) is 0 Å². The molecule has 0 radical (unpaired) electrons. The summed E-state index contributed by atoms with van der Waals surface area (Å²) in [5.74, 6) is -13.2. The lowest BCUT2D eigenvalue weighted by molar-refractivity contribution is -0.150. The average molecular weight is 1440 g/mol. The Morgan fingerprint density at radius 2 is 1.37 bits per heavy atom. The van der Waals surface area contributed by atoms with Crippen LogP contribution >= 0.6 is 21.6 Å². The quantitative estimate of drug-likeness (QED) is 0.0286. The van der Waals surface area contributed by atoms with Gasteiger partial charge in [0, 0.05) is 61.4 Å². The highest BCUT2D eigenvalue weighted by molar-refractivity contribution is 8.77. The minimum Gasteiger partial charge on any atom is -0.396 e. The number of amides is 11. The van der Waals surface area contributed by atoms with E-state index >= 15 is 24.0 Å². The number of primary amides is 1. The highest BCUT2D eigenvalue weighted by Gasteiger charge is 2.53. The second-order valence-electron chi connectivity index (χ2n) is 29.3. The number of carbonyl (C=O) groups excluding carboxylic acids is 13. The van der Waals surface area contributed by atoms with Crippen LogP contribution in [0.25, 0.3) is 0 Å². The van der Waals surface area contributed by atoms with Crippen molar-refractivity contribution >= 4 is 104 Å². The Balaban J connectivity index is 1.69. The molecule has 0 unspecified atom stereocenters.